The van der Waals surface area contributed by atoms with Crippen LogP contribution >= 0.6 is 11.3 Å². The lowest BCUT2D eigenvalue weighted by molar-refractivity contribution is -0.142. The van der Waals surface area contributed by atoms with Crippen LogP contribution in [0.2, 0.25) is 0 Å². The minimum Gasteiger partial charge on any atom is -0.392 e. The highest BCUT2D eigenvalue weighted by Gasteiger charge is 2.42. The molecule has 1 aromatic carbocycles. The minimum atomic E-state index is -5.41. The lowest BCUT2D eigenvalue weighted by atomic mass is 10.0. The molecule has 2 N–H and O–H groups in total. The molecule has 14 heteroatoms. The highest BCUT2D eigenvalue weighted by Crippen LogP contribution is 2.42. The molecule has 0 fully saturated rings. The Bertz CT molecular complexity index is 1240. The van der Waals surface area contributed by atoms with Crippen molar-refractivity contribution in [2.24, 2.45) is 0 Å². The molecule has 0 unspecified atom stereocenters. The third-order valence-electron chi connectivity index (χ3n) is 4.35. The van der Waals surface area contributed by atoms with Crippen molar-refractivity contribution in [3.63, 3.8) is 0 Å². The van der Waals surface area contributed by atoms with Gasteiger partial charge in [-0.15, -0.1) is 11.3 Å². The van der Waals surface area contributed by atoms with Crippen molar-refractivity contribution in [3.05, 3.63) is 61.7 Å². The molecular formula is C18H10F9N3OS. The maximum absolute atomic E-state index is 13.6. The monoisotopic (exact) mass is 487 g/mol. The van der Waals surface area contributed by atoms with E-state index >= 15 is 0 Å². The molecular weight excluding hydrogens is 477 g/mol. The summed E-state index contributed by atoms with van der Waals surface area (Å²) in [5.74, 6) is -1.15. The van der Waals surface area contributed by atoms with E-state index in [0.29, 0.717) is 16.2 Å². The second-order valence-electron chi connectivity index (χ2n) is 6.53. The van der Waals surface area contributed by atoms with Crippen molar-refractivity contribution in [2.45, 2.75) is 25.5 Å². The van der Waals surface area contributed by atoms with Crippen molar-refractivity contribution in [1.29, 1.82) is 0 Å². The normalized spacial score (nSPS) is 12.9. The molecule has 172 valence electrons. The van der Waals surface area contributed by atoms with Crippen molar-refractivity contribution in [1.82, 2.24) is 9.55 Å². The van der Waals surface area contributed by atoms with Gasteiger partial charge in [-0.25, -0.2) is 4.98 Å². The molecule has 0 bridgehead atoms. The van der Waals surface area contributed by atoms with Crippen LogP contribution in [0.15, 0.2) is 33.8 Å². The van der Waals surface area contributed by atoms with E-state index in [9.17, 15) is 44.3 Å². The zero-order valence-corrected chi connectivity index (χ0v) is 16.4. The number of alkyl halides is 9. The molecule has 0 aliphatic carbocycles. The van der Waals surface area contributed by atoms with Gasteiger partial charge in [0.25, 0.3) is 5.56 Å². The highest BCUT2D eigenvalue weighted by atomic mass is 32.1. The first-order valence-corrected chi connectivity index (χ1v) is 9.29. The molecule has 0 aliphatic heterocycles. The van der Waals surface area contributed by atoms with E-state index in [4.69, 9.17) is 5.73 Å². The van der Waals surface area contributed by atoms with Crippen LogP contribution in [-0.2, 0) is 18.5 Å². The number of rotatable bonds is 2. The number of hydrogen-bond donors (Lipinski definition) is 1. The molecule has 0 saturated carbocycles. The number of aryl methyl sites for hydroxylation is 1. The third-order valence-corrected chi connectivity index (χ3v) is 5.20. The molecule has 2 heterocycles. The van der Waals surface area contributed by atoms with Crippen LogP contribution in [0, 0.1) is 6.92 Å². The lowest BCUT2D eigenvalue weighted by Gasteiger charge is -2.20. The minimum absolute atomic E-state index is 0.115. The van der Waals surface area contributed by atoms with Gasteiger partial charge in [0.15, 0.2) is 5.69 Å². The number of nitrogen functional groups attached to an aromatic ring is 1. The van der Waals surface area contributed by atoms with Gasteiger partial charge in [-0.2, -0.15) is 39.5 Å². The summed E-state index contributed by atoms with van der Waals surface area (Å²) < 4.78 is 120. The van der Waals surface area contributed by atoms with Gasteiger partial charge in [-0.05, 0) is 30.0 Å². The fourth-order valence-electron chi connectivity index (χ4n) is 2.89. The number of hydrogen-bond acceptors (Lipinski definition) is 4. The Balaban J connectivity index is 2.51. The summed E-state index contributed by atoms with van der Waals surface area (Å²) in [5.41, 5.74) is -4.12. The van der Waals surface area contributed by atoms with Crippen LogP contribution in [0.5, 0.6) is 0 Å². The van der Waals surface area contributed by atoms with Crippen LogP contribution in [0.3, 0.4) is 0 Å². The van der Waals surface area contributed by atoms with E-state index < -0.39 is 58.0 Å². The van der Waals surface area contributed by atoms with Gasteiger partial charge in [0.1, 0.15) is 11.5 Å². The van der Waals surface area contributed by atoms with E-state index in [2.05, 4.69) is 4.98 Å². The van der Waals surface area contributed by atoms with Crippen LogP contribution in [0.4, 0.5) is 45.2 Å². The summed E-state index contributed by atoms with van der Waals surface area (Å²) in [5, 5.41) is 2.71. The predicted molar refractivity (Wildman–Crippen MR) is 97.3 cm³/mol. The van der Waals surface area contributed by atoms with Gasteiger partial charge >= 0.3 is 18.5 Å². The number of benzene rings is 1. The Morgan fingerprint density at radius 3 is 2.03 bits per heavy atom. The van der Waals surface area contributed by atoms with Crippen LogP contribution in [-0.4, -0.2) is 9.55 Å². The van der Waals surface area contributed by atoms with Crippen LogP contribution in [0.1, 0.15) is 22.4 Å². The van der Waals surface area contributed by atoms with Crippen molar-refractivity contribution in [2.75, 3.05) is 5.73 Å². The molecule has 0 atom stereocenters. The molecule has 0 aliphatic rings. The van der Waals surface area contributed by atoms with Gasteiger partial charge in [-0.1, -0.05) is 6.07 Å². The summed E-state index contributed by atoms with van der Waals surface area (Å²) in [6.07, 6.45) is -15.9. The molecule has 32 heavy (non-hydrogen) atoms. The van der Waals surface area contributed by atoms with Crippen molar-refractivity contribution >= 4 is 17.0 Å². The SMILES string of the molecule is Cc1cscc1-n1c(-c2ccc(C(F)(F)F)cc2C(F)(F)F)nc(C(F)(F)F)c(N)c1=O. The molecule has 3 aromatic rings. The molecule has 3 rings (SSSR count). The number of nitrogens with two attached hydrogens (primary N) is 1. The van der Waals surface area contributed by atoms with E-state index in [1.165, 1.54) is 17.7 Å². The van der Waals surface area contributed by atoms with Gasteiger partial charge in [0.2, 0.25) is 0 Å². The predicted octanol–water partition coefficient (Wildman–Crippen LogP) is 5.91. The Hall–Kier alpha value is -3.03. The number of anilines is 1. The van der Waals surface area contributed by atoms with E-state index in [0.717, 1.165) is 11.3 Å². The molecule has 0 spiro atoms. The van der Waals surface area contributed by atoms with Gasteiger partial charge in [-0.3, -0.25) is 9.36 Å². The molecule has 0 amide bonds. The average Bonchev–Trinajstić information content (AvgIpc) is 3.06. The topological polar surface area (TPSA) is 60.9 Å². The first-order chi connectivity index (χ1) is 14.5. The second-order valence-corrected chi connectivity index (χ2v) is 7.28. The highest BCUT2D eigenvalue weighted by molar-refractivity contribution is 7.08. The standard InChI is InChI=1S/C18H10F9N3OS/c1-7-5-32-6-11(7)30-14(29-13(18(25,26)27)12(28)15(30)31)9-3-2-8(16(19,20)21)4-10(9)17(22,23)24/h2-6H,28H2,1H3. The van der Waals surface area contributed by atoms with E-state index in [1.807, 2.05) is 0 Å². The average molecular weight is 487 g/mol. The quantitative estimate of drug-likeness (QED) is 0.458. The molecule has 2 aromatic heterocycles. The molecule has 0 saturated heterocycles. The maximum Gasteiger partial charge on any atom is 0.435 e. The summed E-state index contributed by atoms with van der Waals surface area (Å²) in [7, 11) is 0. The number of aromatic nitrogens is 2. The Kier molecular flexibility index (Phi) is 5.56. The molecule has 4 nitrogen and oxygen atoms in total. The molecule has 0 radical (unpaired) electrons. The lowest BCUT2D eigenvalue weighted by Crippen LogP contribution is -2.30. The van der Waals surface area contributed by atoms with Crippen molar-refractivity contribution < 1.29 is 39.5 Å². The third kappa shape index (κ3) is 4.18. The summed E-state index contributed by atoms with van der Waals surface area (Å²) in [6.45, 7) is 1.42. The summed E-state index contributed by atoms with van der Waals surface area (Å²) in [6, 6.07) is 0.322. The van der Waals surface area contributed by atoms with E-state index in [-0.39, 0.29) is 17.8 Å². The summed E-state index contributed by atoms with van der Waals surface area (Å²) >= 11 is 0.983. The first kappa shape index (κ1) is 23.6. The first-order valence-electron chi connectivity index (χ1n) is 8.35. The zero-order valence-electron chi connectivity index (χ0n) is 15.6. The largest absolute Gasteiger partial charge is 0.435 e. The fourth-order valence-corrected chi connectivity index (χ4v) is 3.70. The number of nitrogens with zero attached hydrogens (tertiary/aromatic N) is 2. The van der Waals surface area contributed by atoms with E-state index in [1.54, 1.807) is 0 Å². The Morgan fingerprint density at radius 2 is 1.56 bits per heavy atom. The second kappa shape index (κ2) is 7.53. The Labute approximate surface area is 176 Å². The number of halogens is 9. The zero-order chi connectivity index (χ0) is 24.2. The Morgan fingerprint density at radius 1 is 0.938 bits per heavy atom. The number of thiophene rings is 1. The fraction of sp³-hybridized carbons (Fsp3) is 0.222. The van der Waals surface area contributed by atoms with Gasteiger partial charge in [0, 0.05) is 10.9 Å². The summed E-state index contributed by atoms with van der Waals surface area (Å²) in [4.78, 5) is 15.9. The maximum atomic E-state index is 13.6. The van der Waals surface area contributed by atoms with Gasteiger partial charge in [0.05, 0.1) is 16.8 Å². The smallest absolute Gasteiger partial charge is 0.392 e. The van der Waals surface area contributed by atoms with Crippen LogP contribution in [0.25, 0.3) is 17.1 Å². The van der Waals surface area contributed by atoms with Crippen LogP contribution < -0.4 is 11.3 Å². The van der Waals surface area contributed by atoms with Crippen molar-refractivity contribution in [3.8, 4) is 17.1 Å². The van der Waals surface area contributed by atoms with Gasteiger partial charge < -0.3 is 5.73 Å².